The van der Waals surface area contributed by atoms with Crippen molar-refractivity contribution in [2.45, 2.75) is 0 Å². The molecular weight excluding hydrogens is 259 g/mol. The van der Waals surface area contributed by atoms with Crippen molar-refractivity contribution in [2.24, 2.45) is 0 Å². The summed E-state index contributed by atoms with van der Waals surface area (Å²) in [5, 5.41) is 0. The number of methoxy groups -OCH3 is 1. The topological polar surface area (TPSA) is 35.0 Å². The molecule has 0 unspecified atom stereocenters. The van der Waals surface area contributed by atoms with E-state index in [1.165, 1.54) is 0 Å². The Labute approximate surface area is 75.8 Å². The molecule has 0 atom stereocenters. The Morgan fingerprint density at radius 2 is 2.40 bits per heavy atom. The third kappa shape index (κ3) is 1.70. The van der Waals surface area contributed by atoms with Crippen LogP contribution in [-0.4, -0.2) is 33.9 Å². The third-order valence-electron chi connectivity index (χ3n) is 0.886. The molecule has 3 nitrogen and oxygen atoms in total. The van der Waals surface area contributed by atoms with Crippen LogP contribution in [0, 0.1) is 0 Å². The molecule has 1 heterocycles. The fourth-order valence-electron chi connectivity index (χ4n) is 0.482. The van der Waals surface area contributed by atoms with Crippen LogP contribution in [0.3, 0.4) is 0 Å². The molecule has 0 aliphatic heterocycles. The molecular formula is C5H4AsBrN2O. The number of ether oxygens (including phenoxy) is 1. The molecule has 2 radical (unpaired) electrons. The zero-order valence-corrected chi connectivity index (χ0v) is 8.67. The molecule has 1 aromatic heterocycles. The molecule has 0 aliphatic carbocycles. The maximum absolute atomic E-state index is 4.91. The van der Waals surface area contributed by atoms with Crippen LogP contribution in [0.1, 0.15) is 0 Å². The fraction of sp³-hybridized carbons (Fsp3) is 0.200. The average molecular weight is 263 g/mol. The van der Waals surface area contributed by atoms with Crippen molar-refractivity contribution < 1.29 is 4.74 Å². The van der Waals surface area contributed by atoms with Gasteiger partial charge >= 0.3 is 75.8 Å². The summed E-state index contributed by atoms with van der Waals surface area (Å²) in [6, 6.07) is 0. The zero-order chi connectivity index (χ0) is 7.56. The number of hydrogen-bond donors (Lipinski definition) is 0. The minimum absolute atomic E-state index is 0.536. The minimum atomic E-state index is 0.536. The van der Waals surface area contributed by atoms with Crippen molar-refractivity contribution in [1.29, 1.82) is 0 Å². The van der Waals surface area contributed by atoms with Crippen molar-refractivity contribution >= 4 is 37.3 Å². The van der Waals surface area contributed by atoms with Crippen LogP contribution >= 0.6 is 15.9 Å². The van der Waals surface area contributed by atoms with Crippen LogP contribution in [0.15, 0.2) is 10.8 Å². The van der Waals surface area contributed by atoms with Crippen LogP contribution in [-0.2, 0) is 0 Å². The van der Waals surface area contributed by atoms with E-state index in [9.17, 15) is 0 Å². The summed E-state index contributed by atoms with van der Waals surface area (Å²) in [6.07, 6.45) is 1.62. The first-order chi connectivity index (χ1) is 4.74. The Bertz CT molecular complexity index is 243. The number of aromatic nitrogens is 2. The Morgan fingerprint density at radius 1 is 1.70 bits per heavy atom. The molecule has 1 rings (SSSR count). The molecule has 5 heteroatoms. The van der Waals surface area contributed by atoms with Gasteiger partial charge in [0.25, 0.3) is 0 Å². The van der Waals surface area contributed by atoms with Gasteiger partial charge in [-0.25, -0.2) is 0 Å². The van der Waals surface area contributed by atoms with E-state index in [1.54, 1.807) is 13.3 Å². The van der Waals surface area contributed by atoms with Gasteiger partial charge in [0.2, 0.25) is 0 Å². The van der Waals surface area contributed by atoms with Crippen molar-refractivity contribution in [3.05, 3.63) is 10.8 Å². The number of hydrogen-bond acceptors (Lipinski definition) is 3. The summed E-state index contributed by atoms with van der Waals surface area (Å²) in [5.41, 5.74) is 0. The van der Waals surface area contributed by atoms with Gasteiger partial charge in [0.05, 0.1) is 0 Å². The van der Waals surface area contributed by atoms with Crippen molar-refractivity contribution in [3.8, 4) is 5.88 Å². The van der Waals surface area contributed by atoms with E-state index in [-0.39, 0.29) is 0 Å². The monoisotopic (exact) mass is 262 g/mol. The second-order valence-electron chi connectivity index (χ2n) is 1.53. The Kier molecular flexibility index (Phi) is 2.69. The second kappa shape index (κ2) is 3.35. The molecule has 1 aromatic rings. The van der Waals surface area contributed by atoms with E-state index in [2.05, 4.69) is 42.8 Å². The van der Waals surface area contributed by atoms with Crippen LogP contribution < -0.4 is 9.22 Å². The standard InChI is InChI=1S/C5H4AsBrN2O/c1-10-5-4(6)8-2-3(7)9-5/h2H,1H3. The molecule has 0 fully saturated rings. The van der Waals surface area contributed by atoms with Crippen LogP contribution in [0.25, 0.3) is 0 Å². The van der Waals surface area contributed by atoms with E-state index in [1.807, 2.05) is 0 Å². The predicted molar refractivity (Wildman–Crippen MR) is 41.7 cm³/mol. The Balaban J connectivity index is 3.09. The summed E-state index contributed by atoms with van der Waals surface area (Å²) in [6.45, 7) is 0. The van der Waals surface area contributed by atoms with Gasteiger partial charge in [0, 0.05) is 0 Å². The maximum atomic E-state index is 4.91. The second-order valence-corrected chi connectivity index (χ2v) is 3.23. The van der Waals surface area contributed by atoms with Gasteiger partial charge in [-0.1, -0.05) is 0 Å². The van der Waals surface area contributed by atoms with Crippen molar-refractivity contribution in [3.63, 3.8) is 0 Å². The SMILES string of the molecule is COc1nc(Br)cnc1[As]. The van der Waals surface area contributed by atoms with E-state index < -0.39 is 0 Å². The van der Waals surface area contributed by atoms with Crippen LogP contribution in [0.4, 0.5) is 0 Å². The van der Waals surface area contributed by atoms with Gasteiger partial charge in [0.15, 0.2) is 0 Å². The van der Waals surface area contributed by atoms with Crippen molar-refractivity contribution in [2.75, 3.05) is 7.11 Å². The van der Waals surface area contributed by atoms with E-state index in [0.717, 1.165) is 4.48 Å². The summed E-state index contributed by atoms with van der Waals surface area (Å²) >= 11 is 5.46. The molecule has 0 bridgehead atoms. The molecule has 0 aliphatic rings. The van der Waals surface area contributed by atoms with E-state index in [4.69, 9.17) is 4.74 Å². The van der Waals surface area contributed by atoms with Gasteiger partial charge in [-0.15, -0.1) is 0 Å². The van der Waals surface area contributed by atoms with Gasteiger partial charge in [-0.05, 0) is 0 Å². The molecule has 0 saturated heterocycles. The summed E-state index contributed by atoms with van der Waals surface area (Å²) in [7, 11) is 1.56. The molecule has 0 spiro atoms. The molecule has 52 valence electrons. The first-order valence-corrected chi connectivity index (χ1v) is 4.22. The normalized spacial score (nSPS) is 9.50. The Hall–Kier alpha value is -0.0816. The number of halogens is 1. The van der Waals surface area contributed by atoms with Gasteiger partial charge in [0.1, 0.15) is 0 Å². The molecule has 0 N–H and O–H groups in total. The first kappa shape index (κ1) is 8.02. The zero-order valence-electron chi connectivity index (χ0n) is 5.21. The molecule has 0 aromatic carbocycles. The van der Waals surface area contributed by atoms with Gasteiger partial charge < -0.3 is 0 Å². The first-order valence-electron chi connectivity index (χ1n) is 2.49. The van der Waals surface area contributed by atoms with E-state index >= 15 is 0 Å². The summed E-state index contributed by atoms with van der Waals surface area (Å²) in [4.78, 5) is 7.99. The quantitative estimate of drug-likeness (QED) is 0.671. The number of rotatable bonds is 1. The Morgan fingerprint density at radius 3 is 2.90 bits per heavy atom. The van der Waals surface area contributed by atoms with Crippen LogP contribution in [0.5, 0.6) is 5.88 Å². The van der Waals surface area contributed by atoms with Gasteiger partial charge in [-0.2, -0.15) is 0 Å². The summed E-state index contributed by atoms with van der Waals surface area (Å²) < 4.78 is 6.32. The third-order valence-corrected chi connectivity index (χ3v) is 1.91. The fourth-order valence-corrected chi connectivity index (χ4v) is 1.16. The van der Waals surface area contributed by atoms with Gasteiger partial charge in [-0.3, -0.25) is 0 Å². The molecule has 0 amide bonds. The van der Waals surface area contributed by atoms with Crippen LogP contribution in [0.2, 0.25) is 0 Å². The van der Waals surface area contributed by atoms with Crippen molar-refractivity contribution in [1.82, 2.24) is 9.97 Å². The van der Waals surface area contributed by atoms with E-state index in [0.29, 0.717) is 10.5 Å². The number of nitrogens with zero attached hydrogens (tertiary/aromatic N) is 2. The predicted octanol–water partition coefficient (Wildman–Crippen LogP) is 0.0415. The molecule has 10 heavy (non-hydrogen) atoms. The molecule has 0 saturated carbocycles. The average Bonchev–Trinajstić information content (AvgIpc) is 1.94. The summed E-state index contributed by atoms with van der Waals surface area (Å²) in [5.74, 6) is 0.536.